The Morgan fingerprint density at radius 3 is 2.33 bits per heavy atom. The number of amides is 1. The molecule has 0 spiro atoms. The van der Waals surface area contributed by atoms with Gasteiger partial charge in [-0.3, -0.25) is 4.79 Å². The van der Waals surface area contributed by atoms with Crippen LogP contribution >= 0.6 is 0 Å². The van der Waals surface area contributed by atoms with Crippen LogP contribution in [0.4, 0.5) is 5.69 Å². The SMILES string of the molecule is CCN(C(=O)CCc1nnc(-c2ccccc2)o1)c1ccccc1. The molecule has 2 aromatic carbocycles. The minimum atomic E-state index is 0.0446. The zero-order valence-corrected chi connectivity index (χ0v) is 13.6. The van der Waals surface area contributed by atoms with Crippen LogP contribution in [0.25, 0.3) is 11.5 Å². The molecular weight excluding hydrogens is 302 g/mol. The van der Waals surface area contributed by atoms with Gasteiger partial charge in [-0.05, 0) is 31.2 Å². The van der Waals surface area contributed by atoms with Gasteiger partial charge in [0.2, 0.25) is 17.7 Å². The smallest absolute Gasteiger partial charge is 0.247 e. The molecule has 0 saturated heterocycles. The fourth-order valence-electron chi connectivity index (χ4n) is 2.51. The predicted octanol–water partition coefficient (Wildman–Crippen LogP) is 3.72. The molecule has 1 heterocycles. The normalized spacial score (nSPS) is 10.5. The van der Waals surface area contributed by atoms with Gasteiger partial charge in [0.25, 0.3) is 0 Å². The minimum absolute atomic E-state index is 0.0446. The lowest BCUT2D eigenvalue weighted by atomic mass is 10.2. The summed E-state index contributed by atoms with van der Waals surface area (Å²) >= 11 is 0. The molecule has 0 saturated carbocycles. The molecule has 122 valence electrons. The van der Waals surface area contributed by atoms with E-state index in [1.807, 2.05) is 67.6 Å². The summed E-state index contributed by atoms with van der Waals surface area (Å²) < 4.78 is 5.65. The molecule has 0 aliphatic carbocycles. The first-order chi connectivity index (χ1) is 11.8. The third-order valence-electron chi connectivity index (χ3n) is 3.73. The maximum atomic E-state index is 12.5. The maximum Gasteiger partial charge on any atom is 0.247 e. The number of nitrogens with zero attached hydrogens (tertiary/aromatic N) is 3. The Kier molecular flexibility index (Phi) is 5.01. The van der Waals surface area contributed by atoms with Crippen LogP contribution in [0.2, 0.25) is 0 Å². The minimum Gasteiger partial charge on any atom is -0.421 e. The summed E-state index contributed by atoms with van der Waals surface area (Å²) in [5.41, 5.74) is 1.78. The van der Waals surface area contributed by atoms with Crippen molar-refractivity contribution in [2.75, 3.05) is 11.4 Å². The molecule has 0 aliphatic heterocycles. The summed E-state index contributed by atoms with van der Waals surface area (Å²) in [4.78, 5) is 14.2. The molecule has 0 unspecified atom stereocenters. The lowest BCUT2D eigenvalue weighted by Gasteiger charge is -2.20. The Balaban J connectivity index is 1.63. The summed E-state index contributed by atoms with van der Waals surface area (Å²) in [5, 5.41) is 8.08. The van der Waals surface area contributed by atoms with Crippen molar-refractivity contribution in [3.63, 3.8) is 0 Å². The number of hydrogen-bond acceptors (Lipinski definition) is 4. The Morgan fingerprint density at radius 1 is 1.00 bits per heavy atom. The molecule has 24 heavy (non-hydrogen) atoms. The van der Waals surface area contributed by atoms with Crippen molar-refractivity contribution >= 4 is 11.6 Å². The van der Waals surface area contributed by atoms with Crippen LogP contribution in [-0.2, 0) is 11.2 Å². The van der Waals surface area contributed by atoms with E-state index in [0.29, 0.717) is 31.2 Å². The van der Waals surface area contributed by atoms with Crippen molar-refractivity contribution in [1.82, 2.24) is 10.2 Å². The summed E-state index contributed by atoms with van der Waals surface area (Å²) in [7, 11) is 0. The van der Waals surface area contributed by atoms with E-state index in [2.05, 4.69) is 10.2 Å². The van der Waals surface area contributed by atoms with E-state index < -0.39 is 0 Å². The van der Waals surface area contributed by atoms with Crippen LogP contribution in [0.1, 0.15) is 19.2 Å². The highest BCUT2D eigenvalue weighted by atomic mass is 16.4. The number of aromatic nitrogens is 2. The number of hydrogen-bond donors (Lipinski definition) is 0. The van der Waals surface area contributed by atoms with Crippen molar-refractivity contribution in [3.8, 4) is 11.5 Å². The molecule has 5 heteroatoms. The number of benzene rings is 2. The van der Waals surface area contributed by atoms with Gasteiger partial charge in [-0.15, -0.1) is 10.2 Å². The maximum absolute atomic E-state index is 12.5. The van der Waals surface area contributed by atoms with Crippen molar-refractivity contribution in [2.45, 2.75) is 19.8 Å². The fraction of sp³-hybridized carbons (Fsp3) is 0.211. The van der Waals surface area contributed by atoms with Gasteiger partial charge in [0.1, 0.15) is 0 Å². The average molecular weight is 321 g/mol. The molecule has 3 rings (SSSR count). The van der Waals surface area contributed by atoms with Crippen LogP contribution in [0.3, 0.4) is 0 Å². The molecule has 0 radical (unpaired) electrons. The van der Waals surface area contributed by atoms with Crippen molar-refractivity contribution in [2.24, 2.45) is 0 Å². The number of carbonyl (C=O) groups excluding carboxylic acids is 1. The summed E-state index contributed by atoms with van der Waals surface area (Å²) in [6.07, 6.45) is 0.765. The Hall–Kier alpha value is -2.95. The van der Waals surface area contributed by atoms with Gasteiger partial charge in [0.05, 0.1) is 0 Å². The number of anilines is 1. The van der Waals surface area contributed by atoms with Gasteiger partial charge >= 0.3 is 0 Å². The Morgan fingerprint density at radius 2 is 1.67 bits per heavy atom. The summed E-state index contributed by atoms with van der Waals surface area (Å²) in [6, 6.07) is 19.2. The van der Waals surface area contributed by atoms with Gasteiger partial charge < -0.3 is 9.32 Å². The van der Waals surface area contributed by atoms with E-state index in [-0.39, 0.29) is 5.91 Å². The first-order valence-electron chi connectivity index (χ1n) is 8.01. The van der Waals surface area contributed by atoms with Crippen molar-refractivity contribution < 1.29 is 9.21 Å². The van der Waals surface area contributed by atoms with Gasteiger partial charge in [0, 0.05) is 30.6 Å². The number of rotatable bonds is 6. The second-order valence-corrected chi connectivity index (χ2v) is 5.34. The highest BCUT2D eigenvalue weighted by molar-refractivity contribution is 5.93. The third-order valence-corrected chi connectivity index (χ3v) is 3.73. The number of carbonyl (C=O) groups is 1. The quantitative estimate of drug-likeness (QED) is 0.694. The first-order valence-corrected chi connectivity index (χ1v) is 8.01. The van der Waals surface area contributed by atoms with Crippen LogP contribution in [-0.4, -0.2) is 22.6 Å². The standard InChI is InChI=1S/C19H19N3O2/c1-2-22(16-11-7-4-8-12-16)18(23)14-13-17-20-21-19(24-17)15-9-5-3-6-10-15/h3-12H,2,13-14H2,1H3. The molecule has 0 N–H and O–H groups in total. The molecule has 1 amide bonds. The Labute approximate surface area is 140 Å². The largest absolute Gasteiger partial charge is 0.421 e. The molecule has 1 aromatic heterocycles. The topological polar surface area (TPSA) is 59.2 Å². The summed E-state index contributed by atoms with van der Waals surface area (Å²) in [5.74, 6) is 1.00. The molecule has 3 aromatic rings. The molecule has 0 fully saturated rings. The zero-order valence-electron chi connectivity index (χ0n) is 13.6. The van der Waals surface area contributed by atoms with Gasteiger partial charge in [-0.25, -0.2) is 0 Å². The van der Waals surface area contributed by atoms with E-state index in [0.717, 1.165) is 11.3 Å². The van der Waals surface area contributed by atoms with E-state index in [9.17, 15) is 4.79 Å². The summed E-state index contributed by atoms with van der Waals surface area (Å²) in [6.45, 7) is 2.59. The van der Waals surface area contributed by atoms with E-state index in [4.69, 9.17) is 4.42 Å². The van der Waals surface area contributed by atoms with Gasteiger partial charge in [0.15, 0.2) is 0 Å². The molecular formula is C19H19N3O2. The van der Waals surface area contributed by atoms with Crippen molar-refractivity contribution in [3.05, 3.63) is 66.6 Å². The third kappa shape index (κ3) is 3.68. The van der Waals surface area contributed by atoms with Crippen LogP contribution < -0.4 is 4.90 Å². The monoisotopic (exact) mass is 321 g/mol. The van der Waals surface area contributed by atoms with Crippen molar-refractivity contribution in [1.29, 1.82) is 0 Å². The second-order valence-electron chi connectivity index (χ2n) is 5.34. The fourth-order valence-corrected chi connectivity index (χ4v) is 2.51. The van der Waals surface area contributed by atoms with E-state index in [1.54, 1.807) is 4.90 Å². The average Bonchev–Trinajstić information content (AvgIpc) is 3.11. The number of aryl methyl sites for hydroxylation is 1. The van der Waals surface area contributed by atoms with Crippen LogP contribution in [0.15, 0.2) is 65.1 Å². The zero-order chi connectivity index (χ0) is 16.8. The van der Waals surface area contributed by atoms with Gasteiger partial charge in [-0.2, -0.15) is 0 Å². The van der Waals surface area contributed by atoms with Crippen LogP contribution in [0.5, 0.6) is 0 Å². The first kappa shape index (κ1) is 15.9. The molecule has 0 atom stereocenters. The predicted molar refractivity (Wildman–Crippen MR) is 92.5 cm³/mol. The molecule has 5 nitrogen and oxygen atoms in total. The van der Waals surface area contributed by atoms with Crippen LogP contribution in [0, 0.1) is 0 Å². The lowest BCUT2D eigenvalue weighted by Crippen LogP contribution is -2.30. The molecule has 0 bridgehead atoms. The Bertz CT molecular complexity index is 785. The highest BCUT2D eigenvalue weighted by Gasteiger charge is 2.15. The second kappa shape index (κ2) is 7.55. The lowest BCUT2D eigenvalue weighted by molar-refractivity contribution is -0.118. The van der Waals surface area contributed by atoms with Gasteiger partial charge in [-0.1, -0.05) is 36.4 Å². The number of para-hydroxylation sites is 1. The van der Waals surface area contributed by atoms with E-state index >= 15 is 0 Å². The van der Waals surface area contributed by atoms with E-state index in [1.165, 1.54) is 0 Å². The highest BCUT2D eigenvalue weighted by Crippen LogP contribution is 2.18. The molecule has 0 aliphatic rings.